The second-order valence-corrected chi connectivity index (χ2v) is 4.42. The molecule has 1 saturated carbocycles. The van der Waals surface area contributed by atoms with Crippen LogP contribution in [-0.4, -0.2) is 28.5 Å². The summed E-state index contributed by atoms with van der Waals surface area (Å²) in [5.74, 6) is -0.0211. The van der Waals surface area contributed by atoms with Gasteiger partial charge in [-0.3, -0.25) is 9.78 Å². The van der Waals surface area contributed by atoms with E-state index >= 15 is 0 Å². The van der Waals surface area contributed by atoms with E-state index in [9.17, 15) is 9.59 Å². The second-order valence-electron chi connectivity index (χ2n) is 4.42. The smallest absolute Gasteiger partial charge is 0.337 e. The molecule has 1 fully saturated rings. The molecule has 1 aliphatic carbocycles. The summed E-state index contributed by atoms with van der Waals surface area (Å²) in [4.78, 5) is 26.1. The van der Waals surface area contributed by atoms with Gasteiger partial charge in [0.15, 0.2) is 0 Å². The summed E-state index contributed by atoms with van der Waals surface area (Å²) in [6.07, 6.45) is 2.35. The molecule has 5 heteroatoms. The van der Waals surface area contributed by atoms with Crippen molar-refractivity contribution in [3.05, 3.63) is 29.6 Å². The van der Waals surface area contributed by atoms with E-state index in [-0.39, 0.29) is 17.2 Å². The summed E-state index contributed by atoms with van der Waals surface area (Å²) in [5.41, 5.74) is 0.334. The Labute approximate surface area is 98.9 Å². The first kappa shape index (κ1) is 11.6. The van der Waals surface area contributed by atoms with E-state index in [4.69, 9.17) is 5.11 Å². The van der Waals surface area contributed by atoms with Crippen LogP contribution in [0.25, 0.3) is 0 Å². The number of aromatic carboxylic acids is 1. The number of hydrogen-bond acceptors (Lipinski definition) is 3. The molecule has 1 aliphatic rings. The number of pyridine rings is 1. The molecule has 0 radical (unpaired) electrons. The average molecular weight is 234 g/mol. The molecule has 0 spiro atoms. The fourth-order valence-electron chi connectivity index (χ4n) is 1.65. The van der Waals surface area contributed by atoms with Gasteiger partial charge in [0.05, 0.1) is 5.56 Å². The largest absolute Gasteiger partial charge is 0.478 e. The van der Waals surface area contributed by atoms with Gasteiger partial charge < -0.3 is 10.4 Å². The summed E-state index contributed by atoms with van der Waals surface area (Å²) in [6.45, 7) is 2.82. The number of nitrogens with one attached hydrogen (secondary N) is 1. The Morgan fingerprint density at radius 3 is 2.71 bits per heavy atom. The first-order valence-electron chi connectivity index (χ1n) is 5.55. The van der Waals surface area contributed by atoms with Gasteiger partial charge in [-0.05, 0) is 30.4 Å². The van der Waals surface area contributed by atoms with Crippen LogP contribution >= 0.6 is 0 Å². The number of amides is 1. The van der Waals surface area contributed by atoms with Gasteiger partial charge in [-0.1, -0.05) is 6.92 Å². The van der Waals surface area contributed by atoms with Crippen LogP contribution in [0.5, 0.6) is 0 Å². The molecular formula is C12H14N2O3. The molecule has 5 nitrogen and oxygen atoms in total. The number of nitrogens with zero attached hydrogens (tertiary/aromatic N) is 1. The summed E-state index contributed by atoms with van der Waals surface area (Å²) in [7, 11) is 0. The van der Waals surface area contributed by atoms with Crippen molar-refractivity contribution in [2.24, 2.45) is 11.8 Å². The highest BCUT2D eigenvalue weighted by Gasteiger charge is 2.32. The van der Waals surface area contributed by atoms with Crippen molar-refractivity contribution in [2.45, 2.75) is 13.3 Å². The Bertz CT molecular complexity index is 442. The highest BCUT2D eigenvalue weighted by Crippen LogP contribution is 2.36. The molecule has 1 heterocycles. The van der Waals surface area contributed by atoms with E-state index < -0.39 is 5.97 Å². The first-order valence-corrected chi connectivity index (χ1v) is 5.55. The molecule has 0 saturated heterocycles. The van der Waals surface area contributed by atoms with E-state index in [2.05, 4.69) is 17.2 Å². The molecule has 2 unspecified atom stereocenters. The van der Waals surface area contributed by atoms with Gasteiger partial charge in [-0.25, -0.2) is 4.79 Å². The number of carbonyl (C=O) groups excluding carboxylic acids is 1. The molecular weight excluding hydrogens is 220 g/mol. The van der Waals surface area contributed by atoms with Gasteiger partial charge in [-0.15, -0.1) is 0 Å². The van der Waals surface area contributed by atoms with Crippen molar-refractivity contribution in [2.75, 3.05) is 6.54 Å². The van der Waals surface area contributed by atoms with Crippen LogP contribution in [0.2, 0.25) is 0 Å². The standard InChI is InChI=1S/C12H14N2O3/c1-7-4-9(7)6-14-11(15)10-3-2-8(5-13-10)12(16)17/h2-3,5,7,9H,4,6H2,1H3,(H,14,15)(H,16,17). The van der Waals surface area contributed by atoms with Gasteiger partial charge in [-0.2, -0.15) is 0 Å². The number of aromatic nitrogens is 1. The molecule has 90 valence electrons. The van der Waals surface area contributed by atoms with Crippen LogP contribution in [0.3, 0.4) is 0 Å². The first-order chi connectivity index (χ1) is 8.08. The SMILES string of the molecule is CC1CC1CNC(=O)c1ccc(C(=O)O)cn1. The number of carboxylic acid groups (broad SMARTS) is 1. The minimum atomic E-state index is -1.05. The van der Waals surface area contributed by atoms with Crippen LogP contribution in [-0.2, 0) is 0 Å². The lowest BCUT2D eigenvalue weighted by Crippen LogP contribution is -2.26. The molecule has 1 aromatic rings. The topological polar surface area (TPSA) is 79.3 Å². The number of hydrogen-bond donors (Lipinski definition) is 2. The zero-order valence-electron chi connectivity index (χ0n) is 9.51. The molecule has 2 rings (SSSR count). The summed E-state index contributed by atoms with van der Waals surface area (Å²) in [5, 5.41) is 11.5. The maximum atomic E-state index is 11.6. The van der Waals surface area contributed by atoms with E-state index in [1.807, 2.05) is 0 Å². The third-order valence-electron chi connectivity index (χ3n) is 3.04. The van der Waals surface area contributed by atoms with Crippen LogP contribution < -0.4 is 5.32 Å². The highest BCUT2D eigenvalue weighted by atomic mass is 16.4. The predicted molar refractivity (Wildman–Crippen MR) is 60.8 cm³/mol. The van der Waals surface area contributed by atoms with E-state index in [1.165, 1.54) is 18.3 Å². The third-order valence-corrected chi connectivity index (χ3v) is 3.04. The Morgan fingerprint density at radius 2 is 2.24 bits per heavy atom. The van der Waals surface area contributed by atoms with Gasteiger partial charge >= 0.3 is 5.97 Å². The minimum Gasteiger partial charge on any atom is -0.478 e. The average Bonchev–Trinajstić information content (AvgIpc) is 3.02. The van der Waals surface area contributed by atoms with Gasteiger partial charge in [0, 0.05) is 12.7 Å². The quantitative estimate of drug-likeness (QED) is 0.819. The van der Waals surface area contributed by atoms with Crippen molar-refractivity contribution < 1.29 is 14.7 Å². The van der Waals surface area contributed by atoms with Crippen molar-refractivity contribution in [1.29, 1.82) is 0 Å². The Balaban J connectivity index is 1.92. The van der Waals surface area contributed by atoms with Crippen molar-refractivity contribution in [1.82, 2.24) is 10.3 Å². The molecule has 2 atom stereocenters. The van der Waals surface area contributed by atoms with E-state index in [0.717, 1.165) is 6.42 Å². The monoisotopic (exact) mass is 234 g/mol. The minimum absolute atomic E-state index is 0.0809. The van der Waals surface area contributed by atoms with Crippen LogP contribution in [0.1, 0.15) is 34.2 Å². The molecule has 2 N–H and O–H groups in total. The fraction of sp³-hybridized carbons (Fsp3) is 0.417. The molecule has 1 aromatic heterocycles. The molecule has 0 aromatic carbocycles. The lowest BCUT2D eigenvalue weighted by molar-refractivity contribution is 0.0695. The molecule has 17 heavy (non-hydrogen) atoms. The molecule has 0 aliphatic heterocycles. The van der Waals surface area contributed by atoms with Crippen molar-refractivity contribution >= 4 is 11.9 Å². The normalized spacial score (nSPS) is 21.9. The van der Waals surface area contributed by atoms with Gasteiger partial charge in [0.25, 0.3) is 5.91 Å². The van der Waals surface area contributed by atoms with Crippen LogP contribution in [0, 0.1) is 11.8 Å². The van der Waals surface area contributed by atoms with Gasteiger partial charge in [0.1, 0.15) is 5.69 Å². The van der Waals surface area contributed by atoms with Crippen molar-refractivity contribution in [3.63, 3.8) is 0 Å². The summed E-state index contributed by atoms with van der Waals surface area (Å²) >= 11 is 0. The van der Waals surface area contributed by atoms with Gasteiger partial charge in [0.2, 0.25) is 0 Å². The maximum Gasteiger partial charge on any atom is 0.337 e. The van der Waals surface area contributed by atoms with Crippen molar-refractivity contribution in [3.8, 4) is 0 Å². The lowest BCUT2D eigenvalue weighted by Gasteiger charge is -2.03. The second kappa shape index (κ2) is 4.53. The lowest BCUT2D eigenvalue weighted by atomic mass is 10.2. The summed E-state index contributed by atoms with van der Waals surface area (Å²) < 4.78 is 0. The molecule has 0 bridgehead atoms. The number of rotatable bonds is 4. The Morgan fingerprint density at radius 1 is 1.53 bits per heavy atom. The fourth-order valence-corrected chi connectivity index (χ4v) is 1.65. The zero-order chi connectivity index (χ0) is 12.4. The van der Waals surface area contributed by atoms with E-state index in [1.54, 1.807) is 0 Å². The van der Waals surface area contributed by atoms with Crippen LogP contribution in [0.4, 0.5) is 0 Å². The van der Waals surface area contributed by atoms with E-state index in [0.29, 0.717) is 18.4 Å². The Kier molecular flexibility index (Phi) is 3.08. The zero-order valence-corrected chi connectivity index (χ0v) is 9.51. The maximum absolute atomic E-state index is 11.6. The van der Waals surface area contributed by atoms with Crippen LogP contribution in [0.15, 0.2) is 18.3 Å². The Hall–Kier alpha value is -1.91. The number of carboxylic acids is 1. The summed E-state index contributed by atoms with van der Waals surface area (Å²) in [6, 6.07) is 2.80. The number of carbonyl (C=O) groups is 2. The third kappa shape index (κ3) is 2.81. The highest BCUT2D eigenvalue weighted by molar-refractivity contribution is 5.93. The predicted octanol–water partition coefficient (Wildman–Crippen LogP) is 1.17. The molecule has 1 amide bonds.